The molecule has 0 aromatic heterocycles. The lowest BCUT2D eigenvalue weighted by Gasteiger charge is -2.19. The van der Waals surface area contributed by atoms with E-state index in [1.165, 1.54) is 19.2 Å². The zero-order valence-electron chi connectivity index (χ0n) is 18.4. The van der Waals surface area contributed by atoms with Gasteiger partial charge in [-0.15, -0.1) is 0 Å². The fraction of sp³-hybridized carbons (Fsp3) is 0.375. The van der Waals surface area contributed by atoms with Crippen LogP contribution < -0.4 is 9.47 Å². The van der Waals surface area contributed by atoms with Crippen molar-refractivity contribution in [3.05, 3.63) is 47.8 Å². The molecule has 0 saturated carbocycles. The van der Waals surface area contributed by atoms with Gasteiger partial charge in [-0.1, -0.05) is 11.8 Å². The van der Waals surface area contributed by atoms with Gasteiger partial charge in [-0.3, -0.25) is 0 Å². The molecule has 30 heavy (non-hydrogen) atoms. The van der Waals surface area contributed by atoms with E-state index in [0.29, 0.717) is 22.4 Å². The molecule has 0 bridgehead atoms. The number of carbonyl (C=O) groups excluding carboxylic acids is 1. The van der Waals surface area contributed by atoms with Crippen LogP contribution >= 0.6 is 0 Å². The molecule has 5 nitrogen and oxygen atoms in total. The second kappa shape index (κ2) is 9.19. The Morgan fingerprint density at radius 1 is 0.933 bits per heavy atom. The van der Waals surface area contributed by atoms with Crippen molar-refractivity contribution in [2.75, 3.05) is 14.2 Å². The highest BCUT2D eigenvalue weighted by Gasteiger charge is 2.19. The number of rotatable bonds is 4. The largest absolute Gasteiger partial charge is 0.514 e. The molecule has 0 saturated heterocycles. The number of carbonyl (C=O) groups is 1. The SMILES string of the molecule is COc1ccc(F)c(-c2ccc(OC(=O)OC(C)(C)C)cc2C#CC(C)(C)OC)c1. The van der Waals surface area contributed by atoms with Crippen LogP contribution in [0.15, 0.2) is 36.4 Å². The summed E-state index contributed by atoms with van der Waals surface area (Å²) in [6.07, 6.45) is -0.834. The Morgan fingerprint density at radius 3 is 2.20 bits per heavy atom. The predicted octanol–water partition coefficient (Wildman–Crippen LogP) is 5.59. The number of hydrogen-bond donors (Lipinski definition) is 0. The maximum absolute atomic E-state index is 14.6. The number of benzene rings is 2. The lowest BCUT2D eigenvalue weighted by Crippen LogP contribution is -2.26. The van der Waals surface area contributed by atoms with Crippen LogP contribution in [0.4, 0.5) is 9.18 Å². The molecule has 0 heterocycles. The summed E-state index contributed by atoms with van der Waals surface area (Å²) in [4.78, 5) is 12.0. The highest BCUT2D eigenvalue weighted by Crippen LogP contribution is 2.32. The van der Waals surface area contributed by atoms with E-state index in [9.17, 15) is 9.18 Å². The molecule has 2 rings (SSSR count). The van der Waals surface area contributed by atoms with Crippen molar-refractivity contribution in [2.24, 2.45) is 0 Å². The fourth-order valence-corrected chi connectivity index (χ4v) is 2.40. The molecular weight excluding hydrogens is 387 g/mol. The fourth-order valence-electron chi connectivity index (χ4n) is 2.40. The van der Waals surface area contributed by atoms with Gasteiger partial charge in [0.2, 0.25) is 0 Å². The standard InChI is InChI=1S/C24H27FO5/c1-23(2,3)30-22(26)29-18-8-10-19(16(14-18)12-13-24(4,5)28-7)20-15-17(27-6)9-11-21(20)25/h8-11,14-15H,1-7H3. The lowest BCUT2D eigenvalue weighted by molar-refractivity contribution is 0.0206. The van der Waals surface area contributed by atoms with Gasteiger partial charge in [0, 0.05) is 23.8 Å². The van der Waals surface area contributed by atoms with E-state index in [0.717, 1.165) is 0 Å². The van der Waals surface area contributed by atoms with Crippen molar-refractivity contribution in [3.63, 3.8) is 0 Å². The molecule has 0 aliphatic heterocycles. The summed E-state index contributed by atoms with van der Waals surface area (Å²) in [6, 6.07) is 9.22. The van der Waals surface area contributed by atoms with Crippen molar-refractivity contribution in [1.29, 1.82) is 0 Å². The molecule has 0 N–H and O–H groups in total. The summed E-state index contributed by atoms with van der Waals surface area (Å²) in [6.45, 7) is 8.85. The Bertz CT molecular complexity index is 977. The Balaban J connectivity index is 2.53. The third-order valence-electron chi connectivity index (χ3n) is 4.05. The first-order valence-corrected chi connectivity index (χ1v) is 9.41. The van der Waals surface area contributed by atoms with Crippen molar-refractivity contribution < 1.29 is 28.1 Å². The van der Waals surface area contributed by atoms with Crippen molar-refractivity contribution in [3.8, 4) is 34.5 Å². The molecular formula is C24H27FO5. The topological polar surface area (TPSA) is 54.0 Å². The molecule has 0 aliphatic carbocycles. The maximum atomic E-state index is 14.6. The van der Waals surface area contributed by atoms with Gasteiger partial charge in [-0.05, 0) is 71.0 Å². The summed E-state index contributed by atoms with van der Waals surface area (Å²) >= 11 is 0. The van der Waals surface area contributed by atoms with Crippen molar-refractivity contribution in [1.82, 2.24) is 0 Å². The molecule has 0 spiro atoms. The minimum Gasteiger partial charge on any atom is -0.497 e. The Hall–Kier alpha value is -3.04. The number of halogens is 1. The molecule has 2 aromatic carbocycles. The normalized spacial score (nSPS) is 11.3. The summed E-state index contributed by atoms with van der Waals surface area (Å²) in [7, 11) is 3.07. The third-order valence-corrected chi connectivity index (χ3v) is 4.05. The van der Waals surface area contributed by atoms with Gasteiger partial charge >= 0.3 is 6.16 Å². The van der Waals surface area contributed by atoms with Crippen LogP contribution in [-0.4, -0.2) is 31.6 Å². The smallest absolute Gasteiger partial charge is 0.497 e. The van der Waals surface area contributed by atoms with Gasteiger partial charge in [0.05, 0.1) is 7.11 Å². The lowest BCUT2D eigenvalue weighted by atomic mass is 9.98. The minimum absolute atomic E-state index is 0.232. The molecule has 0 amide bonds. The van der Waals surface area contributed by atoms with Gasteiger partial charge in [-0.2, -0.15) is 0 Å². The molecule has 0 radical (unpaired) electrons. The van der Waals surface area contributed by atoms with E-state index >= 15 is 0 Å². The molecule has 6 heteroatoms. The first-order valence-electron chi connectivity index (χ1n) is 9.41. The highest BCUT2D eigenvalue weighted by molar-refractivity contribution is 5.75. The van der Waals surface area contributed by atoms with Gasteiger partial charge in [0.25, 0.3) is 0 Å². The van der Waals surface area contributed by atoms with Crippen LogP contribution in [0.2, 0.25) is 0 Å². The quantitative estimate of drug-likeness (QED) is 0.371. The van der Waals surface area contributed by atoms with Gasteiger partial charge in [-0.25, -0.2) is 9.18 Å². The van der Waals surface area contributed by atoms with Crippen LogP contribution in [0.1, 0.15) is 40.2 Å². The highest BCUT2D eigenvalue weighted by atomic mass is 19.1. The third kappa shape index (κ3) is 6.50. The molecule has 0 atom stereocenters. The Labute approximate surface area is 177 Å². The van der Waals surface area contributed by atoms with E-state index in [2.05, 4.69) is 11.8 Å². The number of methoxy groups -OCH3 is 2. The van der Waals surface area contributed by atoms with E-state index in [4.69, 9.17) is 18.9 Å². The zero-order valence-corrected chi connectivity index (χ0v) is 18.4. The second-order valence-corrected chi connectivity index (χ2v) is 8.08. The van der Waals surface area contributed by atoms with Crippen LogP contribution in [0.5, 0.6) is 11.5 Å². The van der Waals surface area contributed by atoms with Crippen LogP contribution in [0, 0.1) is 17.7 Å². The predicted molar refractivity (Wildman–Crippen MR) is 113 cm³/mol. The van der Waals surface area contributed by atoms with Crippen molar-refractivity contribution >= 4 is 6.16 Å². The molecule has 0 fully saturated rings. The monoisotopic (exact) mass is 414 g/mol. The molecule has 0 aliphatic rings. The first-order chi connectivity index (χ1) is 13.9. The summed E-state index contributed by atoms with van der Waals surface area (Å²) in [5.74, 6) is 6.34. The van der Waals surface area contributed by atoms with Crippen LogP contribution in [-0.2, 0) is 9.47 Å². The van der Waals surface area contributed by atoms with Gasteiger partial charge in [0.1, 0.15) is 28.5 Å². The summed E-state index contributed by atoms with van der Waals surface area (Å²) < 4.78 is 35.6. The zero-order chi connectivity index (χ0) is 22.5. The van der Waals surface area contributed by atoms with Crippen molar-refractivity contribution in [2.45, 2.75) is 45.8 Å². The number of hydrogen-bond acceptors (Lipinski definition) is 5. The van der Waals surface area contributed by atoms with Crippen LogP contribution in [0.25, 0.3) is 11.1 Å². The Morgan fingerprint density at radius 2 is 1.60 bits per heavy atom. The number of ether oxygens (including phenoxy) is 4. The van der Waals surface area contributed by atoms with E-state index in [-0.39, 0.29) is 5.75 Å². The minimum atomic E-state index is -0.834. The maximum Gasteiger partial charge on any atom is 0.514 e. The van der Waals surface area contributed by atoms with E-state index < -0.39 is 23.2 Å². The molecule has 2 aromatic rings. The van der Waals surface area contributed by atoms with Gasteiger partial charge < -0.3 is 18.9 Å². The average Bonchev–Trinajstić information content (AvgIpc) is 2.66. The summed E-state index contributed by atoms with van der Waals surface area (Å²) in [5.41, 5.74) is -0.0914. The molecule has 160 valence electrons. The Kier molecular flexibility index (Phi) is 7.12. The van der Waals surface area contributed by atoms with E-state index in [1.807, 2.05) is 13.8 Å². The van der Waals surface area contributed by atoms with E-state index in [1.54, 1.807) is 52.1 Å². The summed E-state index contributed by atoms with van der Waals surface area (Å²) in [5, 5.41) is 0. The first kappa shape index (κ1) is 23.2. The average molecular weight is 414 g/mol. The van der Waals surface area contributed by atoms with Crippen LogP contribution in [0.3, 0.4) is 0 Å². The van der Waals surface area contributed by atoms with Gasteiger partial charge in [0.15, 0.2) is 0 Å². The second-order valence-electron chi connectivity index (χ2n) is 8.08. The molecule has 0 unspecified atom stereocenters.